The normalized spacial score (nSPS) is 14.5. The number of ether oxygens (including phenoxy) is 1. The molecule has 0 aliphatic carbocycles. The molecule has 3 aromatic carbocycles. The topological polar surface area (TPSA) is 105 Å². The molecule has 1 aliphatic rings. The molecule has 0 aromatic heterocycles. The van der Waals surface area contributed by atoms with Crippen LogP contribution < -0.4 is 20.3 Å². The molecule has 3 aromatic rings. The van der Waals surface area contributed by atoms with Gasteiger partial charge in [-0.05, 0) is 67.1 Å². The molecular weight excluding hydrogens is 541 g/mol. The Morgan fingerprint density at radius 2 is 1.76 bits per heavy atom. The van der Waals surface area contributed by atoms with Crippen molar-refractivity contribution in [2.45, 2.75) is 6.92 Å². The van der Waals surface area contributed by atoms with E-state index in [0.717, 1.165) is 10.5 Å². The molecule has 1 heterocycles. The van der Waals surface area contributed by atoms with Gasteiger partial charge in [0.25, 0.3) is 17.7 Å². The van der Waals surface area contributed by atoms with Crippen LogP contribution >= 0.6 is 34.8 Å². The third-order valence-electron chi connectivity index (χ3n) is 5.25. The standard InChI is InChI=1S/C26H18Cl3N3O5/c1-14-5-7-18(12-21(14)29)30-23(33)13-37-22-8-6-17(28)9-15(22)10-20-24(34)31-26(36)32(25(20)35)19-4-2-3-16(27)11-19/h2-12H,13H2,1H3,(H,30,33)(H,31,34,36)/b20-10+. The second-order valence-corrected chi connectivity index (χ2v) is 9.20. The largest absolute Gasteiger partial charge is 0.483 e. The summed E-state index contributed by atoms with van der Waals surface area (Å²) in [7, 11) is 0. The predicted molar refractivity (Wildman–Crippen MR) is 142 cm³/mol. The van der Waals surface area contributed by atoms with Crippen molar-refractivity contribution in [2.75, 3.05) is 16.8 Å². The molecule has 1 fully saturated rings. The summed E-state index contributed by atoms with van der Waals surface area (Å²) >= 11 is 18.2. The van der Waals surface area contributed by atoms with Crippen LogP contribution in [0.15, 0.2) is 66.2 Å². The molecule has 37 heavy (non-hydrogen) atoms. The fourth-order valence-corrected chi connectivity index (χ4v) is 3.98. The maximum absolute atomic E-state index is 13.2. The van der Waals surface area contributed by atoms with Gasteiger partial charge in [0.2, 0.25) is 0 Å². The number of halogens is 3. The number of barbiturate groups is 1. The van der Waals surface area contributed by atoms with E-state index in [1.54, 1.807) is 30.3 Å². The number of rotatable bonds is 6. The number of urea groups is 1. The van der Waals surface area contributed by atoms with Gasteiger partial charge < -0.3 is 10.1 Å². The molecule has 11 heteroatoms. The second kappa shape index (κ2) is 11.0. The molecule has 8 nitrogen and oxygen atoms in total. The van der Waals surface area contributed by atoms with E-state index in [2.05, 4.69) is 10.6 Å². The van der Waals surface area contributed by atoms with Gasteiger partial charge in [-0.3, -0.25) is 19.7 Å². The van der Waals surface area contributed by atoms with E-state index in [1.807, 2.05) is 6.92 Å². The van der Waals surface area contributed by atoms with Gasteiger partial charge in [-0.2, -0.15) is 0 Å². The molecule has 0 unspecified atom stereocenters. The molecule has 1 saturated heterocycles. The maximum Gasteiger partial charge on any atom is 0.335 e. The number of anilines is 2. The Kier molecular flexibility index (Phi) is 7.83. The van der Waals surface area contributed by atoms with Crippen LogP contribution in [0.2, 0.25) is 15.1 Å². The fraction of sp³-hybridized carbons (Fsp3) is 0.0769. The number of aryl methyl sites for hydroxylation is 1. The SMILES string of the molecule is Cc1ccc(NC(=O)COc2ccc(Cl)cc2/C=C2\C(=O)NC(=O)N(c3cccc(Cl)c3)C2=O)cc1Cl. The average molecular weight is 559 g/mol. The van der Waals surface area contributed by atoms with E-state index in [0.29, 0.717) is 20.8 Å². The summed E-state index contributed by atoms with van der Waals surface area (Å²) in [6.07, 6.45) is 1.24. The van der Waals surface area contributed by atoms with Crippen LogP contribution in [0.3, 0.4) is 0 Å². The van der Waals surface area contributed by atoms with Crippen molar-refractivity contribution in [1.29, 1.82) is 0 Å². The number of carbonyl (C=O) groups excluding carboxylic acids is 4. The van der Waals surface area contributed by atoms with Crippen LogP contribution in [0, 0.1) is 6.92 Å². The lowest BCUT2D eigenvalue weighted by atomic mass is 10.1. The monoisotopic (exact) mass is 557 g/mol. The number of imide groups is 2. The molecule has 5 amide bonds. The van der Waals surface area contributed by atoms with E-state index in [1.165, 1.54) is 36.4 Å². The number of carbonyl (C=O) groups is 4. The van der Waals surface area contributed by atoms with E-state index >= 15 is 0 Å². The summed E-state index contributed by atoms with van der Waals surface area (Å²) < 4.78 is 5.65. The number of nitrogens with zero attached hydrogens (tertiary/aromatic N) is 1. The molecule has 0 saturated carbocycles. The minimum atomic E-state index is -0.912. The van der Waals surface area contributed by atoms with Gasteiger partial charge in [0.05, 0.1) is 5.69 Å². The van der Waals surface area contributed by atoms with Gasteiger partial charge in [-0.1, -0.05) is 46.9 Å². The number of benzene rings is 3. The summed E-state index contributed by atoms with van der Waals surface area (Å²) in [5.74, 6) is -2.04. The van der Waals surface area contributed by atoms with Crippen LogP contribution in [0.1, 0.15) is 11.1 Å². The van der Waals surface area contributed by atoms with Gasteiger partial charge in [0.1, 0.15) is 11.3 Å². The first-order chi connectivity index (χ1) is 17.6. The lowest BCUT2D eigenvalue weighted by Gasteiger charge is -2.26. The Hall–Kier alpha value is -3.85. The molecule has 1 aliphatic heterocycles. The van der Waals surface area contributed by atoms with Crippen molar-refractivity contribution in [2.24, 2.45) is 0 Å². The number of nitrogens with one attached hydrogen (secondary N) is 2. The first-order valence-electron chi connectivity index (χ1n) is 10.8. The quantitative estimate of drug-likeness (QED) is 0.301. The smallest absolute Gasteiger partial charge is 0.335 e. The van der Waals surface area contributed by atoms with Crippen LogP contribution in [-0.4, -0.2) is 30.4 Å². The van der Waals surface area contributed by atoms with Crippen molar-refractivity contribution < 1.29 is 23.9 Å². The molecule has 188 valence electrons. The Bertz CT molecular complexity index is 1470. The lowest BCUT2D eigenvalue weighted by Crippen LogP contribution is -2.54. The van der Waals surface area contributed by atoms with Crippen molar-refractivity contribution in [3.05, 3.63) is 92.4 Å². The molecule has 0 atom stereocenters. The minimum Gasteiger partial charge on any atom is -0.483 e. The van der Waals surface area contributed by atoms with Crippen molar-refractivity contribution in [3.8, 4) is 5.75 Å². The highest BCUT2D eigenvalue weighted by atomic mass is 35.5. The third kappa shape index (κ3) is 6.11. The molecular formula is C26H18Cl3N3O5. The maximum atomic E-state index is 13.2. The Morgan fingerprint density at radius 3 is 2.49 bits per heavy atom. The summed E-state index contributed by atoms with van der Waals surface area (Å²) in [6, 6.07) is 14.7. The molecule has 0 radical (unpaired) electrons. The molecule has 0 bridgehead atoms. The zero-order valence-electron chi connectivity index (χ0n) is 19.2. The summed E-state index contributed by atoms with van der Waals surface area (Å²) in [6.45, 7) is 1.46. The van der Waals surface area contributed by atoms with Gasteiger partial charge >= 0.3 is 6.03 Å². The van der Waals surface area contributed by atoms with Gasteiger partial charge in [0.15, 0.2) is 6.61 Å². The van der Waals surface area contributed by atoms with Crippen LogP contribution in [-0.2, 0) is 14.4 Å². The van der Waals surface area contributed by atoms with E-state index in [-0.39, 0.29) is 29.2 Å². The summed E-state index contributed by atoms with van der Waals surface area (Å²) in [5.41, 5.74) is 1.46. The summed E-state index contributed by atoms with van der Waals surface area (Å²) in [4.78, 5) is 51.4. The van der Waals surface area contributed by atoms with Crippen molar-refractivity contribution in [3.63, 3.8) is 0 Å². The first kappa shape index (κ1) is 26.2. The van der Waals surface area contributed by atoms with Gasteiger partial charge in [0, 0.05) is 26.3 Å². The van der Waals surface area contributed by atoms with Crippen LogP contribution in [0.4, 0.5) is 16.2 Å². The molecule has 2 N–H and O–H groups in total. The zero-order chi connectivity index (χ0) is 26.7. The van der Waals surface area contributed by atoms with Crippen molar-refractivity contribution >= 4 is 76.0 Å². The Balaban J connectivity index is 1.57. The lowest BCUT2D eigenvalue weighted by molar-refractivity contribution is -0.122. The average Bonchev–Trinajstić information content (AvgIpc) is 2.83. The first-order valence-corrected chi connectivity index (χ1v) is 11.9. The highest BCUT2D eigenvalue weighted by Gasteiger charge is 2.37. The Morgan fingerprint density at radius 1 is 1.00 bits per heavy atom. The number of hydrogen-bond donors (Lipinski definition) is 2. The van der Waals surface area contributed by atoms with Crippen LogP contribution in [0.25, 0.3) is 6.08 Å². The van der Waals surface area contributed by atoms with E-state index in [9.17, 15) is 19.2 Å². The highest BCUT2D eigenvalue weighted by molar-refractivity contribution is 6.39. The molecule has 0 spiro atoms. The van der Waals surface area contributed by atoms with Gasteiger partial charge in [-0.15, -0.1) is 0 Å². The predicted octanol–water partition coefficient (Wildman–Crippen LogP) is 5.64. The highest BCUT2D eigenvalue weighted by Crippen LogP contribution is 2.29. The zero-order valence-corrected chi connectivity index (χ0v) is 21.4. The number of amides is 5. The fourth-order valence-electron chi connectivity index (χ4n) is 3.44. The minimum absolute atomic E-state index is 0.181. The molecule has 4 rings (SSSR count). The van der Waals surface area contributed by atoms with Crippen LogP contribution in [0.5, 0.6) is 5.75 Å². The second-order valence-electron chi connectivity index (χ2n) is 7.92. The number of hydrogen-bond acceptors (Lipinski definition) is 5. The summed E-state index contributed by atoms with van der Waals surface area (Å²) in [5, 5.41) is 5.92. The third-order valence-corrected chi connectivity index (χ3v) is 6.13. The van der Waals surface area contributed by atoms with Gasteiger partial charge in [-0.25, -0.2) is 9.69 Å². The van der Waals surface area contributed by atoms with E-state index < -0.39 is 23.8 Å². The van der Waals surface area contributed by atoms with Crippen molar-refractivity contribution in [1.82, 2.24) is 5.32 Å². The Labute approximate surface area is 226 Å². The van der Waals surface area contributed by atoms with E-state index in [4.69, 9.17) is 39.5 Å².